The number of fused-ring (bicyclic) bond motifs is 2. The summed E-state index contributed by atoms with van der Waals surface area (Å²) >= 11 is 6.88. The van der Waals surface area contributed by atoms with Gasteiger partial charge in [0.1, 0.15) is 23.6 Å². The zero-order chi connectivity index (χ0) is 23.1. The molecular weight excluding hydrogens is 444 g/mol. The van der Waals surface area contributed by atoms with E-state index in [1.165, 1.54) is 12.4 Å². The fourth-order valence-electron chi connectivity index (χ4n) is 4.65. The number of phenols is 1. The Labute approximate surface area is 196 Å². The molecule has 9 heteroatoms. The van der Waals surface area contributed by atoms with E-state index >= 15 is 0 Å². The number of methoxy groups -OCH3 is 1. The lowest BCUT2D eigenvalue weighted by Crippen LogP contribution is -2.55. The molecule has 0 bridgehead atoms. The summed E-state index contributed by atoms with van der Waals surface area (Å²) in [7, 11) is 1.54. The lowest BCUT2D eigenvalue weighted by atomic mass is 9.99. The van der Waals surface area contributed by atoms with Crippen molar-refractivity contribution in [2.45, 2.75) is 12.5 Å². The molecule has 1 aromatic heterocycles. The van der Waals surface area contributed by atoms with Gasteiger partial charge in [-0.2, -0.15) is 0 Å². The Morgan fingerprint density at radius 3 is 3.00 bits per heavy atom. The summed E-state index contributed by atoms with van der Waals surface area (Å²) in [5.74, 6) is 1.67. The predicted octanol–water partition coefficient (Wildman–Crippen LogP) is 3.65. The molecule has 1 fully saturated rings. The molecule has 8 nitrogen and oxygen atoms in total. The smallest absolute Gasteiger partial charge is 0.246 e. The number of carbonyl (C=O) groups excluding carboxylic acids is 1. The number of carbonyl (C=O) groups is 1. The second kappa shape index (κ2) is 8.44. The van der Waals surface area contributed by atoms with Crippen LogP contribution in [0.4, 0.5) is 5.82 Å². The van der Waals surface area contributed by atoms with E-state index < -0.39 is 0 Å². The molecule has 0 unspecified atom stereocenters. The molecule has 3 aromatic rings. The van der Waals surface area contributed by atoms with Crippen molar-refractivity contribution in [2.24, 2.45) is 0 Å². The highest BCUT2D eigenvalue weighted by Gasteiger charge is 2.34. The number of phenolic OH excluding ortho intramolecular Hbond substituents is 1. The maximum atomic E-state index is 12.2. The fourth-order valence-corrected chi connectivity index (χ4v) is 4.95. The second-order valence-corrected chi connectivity index (χ2v) is 8.36. The van der Waals surface area contributed by atoms with Crippen LogP contribution >= 0.6 is 11.6 Å². The number of aromatic nitrogens is 2. The highest BCUT2D eigenvalue weighted by atomic mass is 35.5. The monoisotopic (exact) mass is 466 g/mol. The van der Waals surface area contributed by atoms with Crippen LogP contribution in [0.1, 0.15) is 6.42 Å². The number of anilines is 1. The minimum Gasteiger partial charge on any atom is -0.507 e. The molecule has 1 amide bonds. The average Bonchev–Trinajstić information content (AvgIpc) is 2.83. The number of amides is 1. The van der Waals surface area contributed by atoms with E-state index in [1.807, 2.05) is 6.07 Å². The Morgan fingerprint density at radius 1 is 1.36 bits per heavy atom. The van der Waals surface area contributed by atoms with Crippen molar-refractivity contribution in [1.82, 2.24) is 14.9 Å². The van der Waals surface area contributed by atoms with Gasteiger partial charge in [0.05, 0.1) is 41.2 Å². The zero-order valence-corrected chi connectivity index (χ0v) is 18.9. The van der Waals surface area contributed by atoms with Gasteiger partial charge in [0, 0.05) is 31.6 Å². The van der Waals surface area contributed by atoms with Crippen molar-refractivity contribution >= 4 is 34.2 Å². The summed E-state index contributed by atoms with van der Waals surface area (Å²) in [4.78, 5) is 25.2. The molecule has 2 aliphatic rings. The zero-order valence-electron chi connectivity index (χ0n) is 18.1. The van der Waals surface area contributed by atoms with Crippen LogP contribution in [0.25, 0.3) is 22.0 Å². The van der Waals surface area contributed by atoms with Crippen LogP contribution in [0.2, 0.25) is 5.02 Å². The van der Waals surface area contributed by atoms with Crippen LogP contribution in [0, 0.1) is 0 Å². The Morgan fingerprint density at radius 2 is 2.21 bits per heavy atom. The fraction of sp³-hybridized carbons (Fsp3) is 0.292. The Kier molecular flexibility index (Phi) is 5.46. The number of rotatable bonds is 3. The van der Waals surface area contributed by atoms with Crippen LogP contribution in [-0.2, 0) is 4.79 Å². The van der Waals surface area contributed by atoms with Gasteiger partial charge in [-0.3, -0.25) is 4.79 Å². The first kappa shape index (κ1) is 21.3. The van der Waals surface area contributed by atoms with Crippen molar-refractivity contribution in [3.63, 3.8) is 0 Å². The Bertz CT molecular complexity index is 1260. The first-order valence-electron chi connectivity index (χ1n) is 10.7. The molecular formula is C24H23ClN4O4. The van der Waals surface area contributed by atoms with Gasteiger partial charge in [-0.1, -0.05) is 24.2 Å². The molecule has 170 valence electrons. The summed E-state index contributed by atoms with van der Waals surface area (Å²) in [6.07, 6.45) is 3.55. The van der Waals surface area contributed by atoms with Crippen LogP contribution < -0.4 is 14.4 Å². The van der Waals surface area contributed by atoms with Gasteiger partial charge in [-0.25, -0.2) is 9.97 Å². The SMILES string of the molecule is C=CC(=O)N1CCN2c3ncnc4cc(-c5c(O)cccc5OC)c(Cl)c(c34)OCC[C@@H]2C1. The molecule has 3 heterocycles. The van der Waals surface area contributed by atoms with Gasteiger partial charge >= 0.3 is 0 Å². The summed E-state index contributed by atoms with van der Waals surface area (Å²) in [6, 6.07) is 6.92. The van der Waals surface area contributed by atoms with Gasteiger partial charge in [-0.15, -0.1) is 0 Å². The highest BCUT2D eigenvalue weighted by molar-refractivity contribution is 6.36. The van der Waals surface area contributed by atoms with E-state index in [4.69, 9.17) is 21.1 Å². The van der Waals surface area contributed by atoms with E-state index in [0.717, 1.165) is 5.82 Å². The number of aromatic hydroxyl groups is 1. The largest absolute Gasteiger partial charge is 0.507 e. The summed E-state index contributed by atoms with van der Waals surface area (Å²) < 4.78 is 11.7. The van der Waals surface area contributed by atoms with Crippen molar-refractivity contribution in [3.8, 4) is 28.4 Å². The summed E-state index contributed by atoms with van der Waals surface area (Å²) in [6.45, 7) is 5.78. The lowest BCUT2D eigenvalue weighted by molar-refractivity contribution is -0.126. The number of ether oxygens (including phenoxy) is 2. The van der Waals surface area contributed by atoms with Crippen molar-refractivity contribution < 1.29 is 19.4 Å². The Balaban J connectivity index is 1.68. The minimum absolute atomic E-state index is 0.0469. The van der Waals surface area contributed by atoms with Gasteiger partial charge in [0.25, 0.3) is 0 Å². The molecule has 1 saturated heterocycles. The molecule has 33 heavy (non-hydrogen) atoms. The minimum atomic E-state index is -0.0739. The van der Waals surface area contributed by atoms with Gasteiger partial charge in [-0.05, 0) is 24.3 Å². The van der Waals surface area contributed by atoms with Crippen LogP contribution in [0.3, 0.4) is 0 Å². The standard InChI is InChI=1S/C24H23ClN4O4/c1-3-19(31)28-8-9-29-14(12-28)7-10-33-23-21-16(26-13-27-24(21)29)11-15(22(23)25)20-17(30)5-4-6-18(20)32-2/h3-6,11,13-14,30H,1,7-10,12H2,2H3/t14-/m1/s1. The van der Waals surface area contributed by atoms with Gasteiger partial charge < -0.3 is 24.4 Å². The van der Waals surface area contributed by atoms with Gasteiger partial charge in [0.15, 0.2) is 5.75 Å². The van der Waals surface area contributed by atoms with E-state index in [1.54, 1.807) is 30.2 Å². The van der Waals surface area contributed by atoms with E-state index in [9.17, 15) is 9.90 Å². The molecule has 2 aliphatic heterocycles. The van der Waals surface area contributed by atoms with E-state index in [0.29, 0.717) is 71.2 Å². The number of nitrogens with zero attached hydrogens (tertiary/aromatic N) is 4. The predicted molar refractivity (Wildman–Crippen MR) is 126 cm³/mol. The summed E-state index contributed by atoms with van der Waals surface area (Å²) in [5.41, 5.74) is 1.69. The number of benzene rings is 2. The lowest BCUT2D eigenvalue weighted by Gasteiger charge is -2.43. The first-order chi connectivity index (χ1) is 16.0. The second-order valence-electron chi connectivity index (χ2n) is 7.99. The summed E-state index contributed by atoms with van der Waals surface area (Å²) in [5, 5.41) is 11.7. The van der Waals surface area contributed by atoms with Crippen LogP contribution in [-0.4, -0.2) is 65.3 Å². The molecule has 1 N–H and O–H groups in total. The third-order valence-electron chi connectivity index (χ3n) is 6.23. The average molecular weight is 467 g/mol. The van der Waals surface area contributed by atoms with Crippen molar-refractivity contribution in [3.05, 3.63) is 48.3 Å². The molecule has 0 aliphatic carbocycles. The van der Waals surface area contributed by atoms with Gasteiger partial charge in [0.2, 0.25) is 5.91 Å². The van der Waals surface area contributed by atoms with Crippen molar-refractivity contribution in [2.75, 3.05) is 38.3 Å². The van der Waals surface area contributed by atoms with Crippen LogP contribution in [0.15, 0.2) is 43.2 Å². The molecule has 0 radical (unpaired) electrons. The van der Waals surface area contributed by atoms with Crippen molar-refractivity contribution in [1.29, 1.82) is 0 Å². The molecule has 2 aromatic carbocycles. The number of halogens is 1. The molecule has 1 atom stereocenters. The van der Waals surface area contributed by atoms with Crippen LogP contribution in [0.5, 0.6) is 17.2 Å². The Hall–Kier alpha value is -3.52. The quantitative estimate of drug-likeness (QED) is 0.589. The van der Waals surface area contributed by atoms with E-state index in [2.05, 4.69) is 21.4 Å². The molecule has 5 rings (SSSR count). The number of piperazine rings is 1. The third-order valence-corrected chi connectivity index (χ3v) is 6.61. The topological polar surface area (TPSA) is 88.0 Å². The first-order valence-corrected chi connectivity index (χ1v) is 11.1. The third kappa shape index (κ3) is 3.51. The number of hydrogen-bond acceptors (Lipinski definition) is 7. The maximum Gasteiger partial charge on any atom is 0.246 e. The van der Waals surface area contributed by atoms with E-state index in [-0.39, 0.29) is 17.7 Å². The number of hydrogen-bond donors (Lipinski definition) is 1. The molecule has 0 saturated carbocycles. The molecule has 0 spiro atoms. The highest BCUT2D eigenvalue weighted by Crippen LogP contribution is 2.49. The normalized spacial score (nSPS) is 17.6. The maximum absolute atomic E-state index is 12.2.